The first-order valence-electron chi connectivity index (χ1n) is 17.4. The van der Waals surface area contributed by atoms with Crippen LogP contribution in [0.1, 0.15) is 124 Å². The van der Waals surface area contributed by atoms with Gasteiger partial charge in [0.05, 0.1) is 11.0 Å². The first-order chi connectivity index (χ1) is 21.6. The minimum absolute atomic E-state index is 0. The van der Waals surface area contributed by atoms with Crippen molar-refractivity contribution in [3.8, 4) is 5.75 Å². The normalized spacial score (nSPS) is 39.6. The SMILES string of the molecule is CC1=CCCC(C)(C)[C@@H]1CC[C@@]1(C)[C@@H]2CC[C@]3(C)[C@H](CC[C@]4(C)c5c(S(=O)(=O)O[O-])ccc(OS(=O)(=O)[O-])c5C[C@@H]34)[C@@]2(C)CC[C@@H]1O.[Na+].[Na+]. The van der Waals surface area contributed by atoms with Crippen molar-refractivity contribution in [3.05, 3.63) is 34.9 Å². The molecule has 3 saturated carbocycles. The smallest absolute Gasteiger partial charge is 0.716 e. The summed E-state index contributed by atoms with van der Waals surface area (Å²) in [5, 5.41) is 23.2. The van der Waals surface area contributed by atoms with Gasteiger partial charge in [-0.1, -0.05) is 53.2 Å². The molecule has 0 aliphatic heterocycles. The number of fused-ring (bicyclic) bond motifs is 7. The van der Waals surface area contributed by atoms with Crippen LogP contribution in [-0.4, -0.2) is 32.6 Å². The van der Waals surface area contributed by atoms with Crippen LogP contribution in [0.5, 0.6) is 5.75 Å². The summed E-state index contributed by atoms with van der Waals surface area (Å²) in [6.45, 7) is 16.1. The van der Waals surface area contributed by atoms with Crippen molar-refractivity contribution in [3.63, 3.8) is 0 Å². The molecule has 0 unspecified atom stereocenters. The molecule has 6 rings (SSSR count). The molecule has 0 heterocycles. The van der Waals surface area contributed by atoms with Crippen LogP contribution in [0.15, 0.2) is 28.7 Å². The summed E-state index contributed by atoms with van der Waals surface area (Å²) in [4.78, 5) is -0.284. The maximum absolute atomic E-state index is 12.9. The number of allylic oxidation sites excluding steroid dienone is 2. The van der Waals surface area contributed by atoms with Crippen molar-refractivity contribution in [1.82, 2.24) is 0 Å². The van der Waals surface area contributed by atoms with Crippen molar-refractivity contribution in [1.29, 1.82) is 0 Å². The first kappa shape index (κ1) is 42.2. The molecule has 1 aromatic rings. The zero-order chi connectivity index (χ0) is 34.6. The fourth-order valence-electron chi connectivity index (χ4n) is 12.7. The maximum atomic E-state index is 12.9. The third-order valence-electron chi connectivity index (χ3n) is 14.9. The van der Waals surface area contributed by atoms with E-state index in [9.17, 15) is 31.8 Å². The molecule has 0 saturated heterocycles. The van der Waals surface area contributed by atoms with Gasteiger partial charge in [0.25, 0.3) is 20.5 Å². The average Bonchev–Trinajstić information content (AvgIpc) is 3.29. The quantitative estimate of drug-likeness (QED) is 0.103. The average molecular weight is 739 g/mol. The van der Waals surface area contributed by atoms with E-state index in [1.807, 2.05) is 6.92 Å². The van der Waals surface area contributed by atoms with Crippen LogP contribution < -0.4 is 68.6 Å². The van der Waals surface area contributed by atoms with Gasteiger partial charge in [-0.2, -0.15) is 8.42 Å². The second kappa shape index (κ2) is 14.0. The van der Waals surface area contributed by atoms with Gasteiger partial charge in [-0.3, -0.25) is 0 Å². The van der Waals surface area contributed by atoms with Gasteiger partial charge >= 0.3 is 59.1 Å². The van der Waals surface area contributed by atoms with E-state index in [4.69, 9.17) is 4.18 Å². The molecule has 1 N–H and O–H groups in total. The summed E-state index contributed by atoms with van der Waals surface area (Å²) in [5.74, 6) is 0.820. The molecule has 0 bridgehead atoms. The predicted octanol–water partition coefficient (Wildman–Crippen LogP) is 0.101. The fraction of sp³-hybridized carbons (Fsp3) is 0.778. The van der Waals surface area contributed by atoms with Crippen LogP contribution >= 0.6 is 0 Å². The van der Waals surface area contributed by atoms with Crippen LogP contribution in [0.25, 0.3) is 0 Å². The Kier molecular flexibility index (Phi) is 12.0. The molecule has 5 aliphatic carbocycles. The van der Waals surface area contributed by atoms with Crippen LogP contribution in [0, 0.1) is 45.3 Å². The largest absolute Gasteiger partial charge is 1.00 e. The molecule has 49 heavy (non-hydrogen) atoms. The fourth-order valence-corrected chi connectivity index (χ4v) is 14.0. The number of aliphatic hydroxyl groups excluding tert-OH is 1. The van der Waals surface area contributed by atoms with Gasteiger partial charge in [0.1, 0.15) is 5.75 Å². The van der Waals surface area contributed by atoms with Crippen LogP contribution in [0.3, 0.4) is 0 Å². The summed E-state index contributed by atoms with van der Waals surface area (Å²) in [6.07, 6.45) is 11.6. The van der Waals surface area contributed by atoms with Gasteiger partial charge < -0.3 is 23.4 Å². The Hall–Kier alpha value is 0.500. The minimum atomic E-state index is -5.13. The van der Waals surface area contributed by atoms with Crippen molar-refractivity contribution in [2.45, 2.75) is 136 Å². The molecular weight excluding hydrogens is 687 g/mol. The molecule has 13 heteroatoms. The molecule has 1 aromatic carbocycles. The second-order valence-corrected chi connectivity index (χ2v) is 19.9. The monoisotopic (exact) mass is 738 g/mol. The third kappa shape index (κ3) is 6.77. The molecule has 0 aromatic heterocycles. The summed E-state index contributed by atoms with van der Waals surface area (Å²) < 4.78 is 69.6. The number of rotatable bonds is 7. The Bertz CT molecular complexity index is 1700. The maximum Gasteiger partial charge on any atom is 1.00 e. The zero-order valence-corrected chi connectivity index (χ0v) is 36.6. The Labute approximate surface area is 338 Å². The Morgan fingerprint density at radius 3 is 2.10 bits per heavy atom. The number of hydrogen-bond acceptors (Lipinski definition) is 9. The van der Waals surface area contributed by atoms with E-state index in [1.54, 1.807) is 0 Å². The van der Waals surface area contributed by atoms with Crippen LogP contribution in [0.4, 0.5) is 0 Å². The van der Waals surface area contributed by atoms with Gasteiger partial charge in [0, 0.05) is 5.56 Å². The van der Waals surface area contributed by atoms with E-state index in [2.05, 4.69) is 52.0 Å². The number of aliphatic hydroxyl groups is 1. The van der Waals surface area contributed by atoms with E-state index in [0.717, 1.165) is 63.5 Å². The predicted molar refractivity (Wildman–Crippen MR) is 174 cm³/mol. The van der Waals surface area contributed by atoms with Gasteiger partial charge in [0.2, 0.25) is 0 Å². The van der Waals surface area contributed by atoms with Crippen molar-refractivity contribution < 1.29 is 99.4 Å². The molecule has 264 valence electrons. The minimum Gasteiger partial charge on any atom is -0.716 e. The van der Waals surface area contributed by atoms with E-state index in [0.29, 0.717) is 35.8 Å². The van der Waals surface area contributed by atoms with Crippen molar-refractivity contribution in [2.75, 3.05) is 0 Å². The van der Waals surface area contributed by atoms with E-state index < -0.39 is 25.9 Å². The van der Waals surface area contributed by atoms with Gasteiger partial charge in [-0.05, 0) is 146 Å². The standard InChI is InChI=1S/C36H54O9S2.2Na/c1-22-9-8-16-32(2,3)24(22)12-17-35(6)28-13-18-34(5)27(33(28,4)20-15-30(35)37)14-19-36(7)29(34)21-23-25(44-47(41,42)43)10-11-26(31(23)36)46(39,40)45-38;;/h9-11,24,27-30,37-38H,8,12-21H2,1-7H3,(H,41,42,43);;/q;2*+1/p-2/t24-,27-,28-,29+,30+,33-,34-,35+,36+;;/m1../s1. The summed E-state index contributed by atoms with van der Waals surface area (Å²) >= 11 is 0. The summed E-state index contributed by atoms with van der Waals surface area (Å²) in [5.41, 5.74) is 1.13. The Morgan fingerprint density at radius 2 is 1.49 bits per heavy atom. The van der Waals surface area contributed by atoms with Crippen LogP contribution in [0.2, 0.25) is 0 Å². The molecule has 0 spiro atoms. The number of hydrogen-bond donors (Lipinski definition) is 1. The Balaban J connectivity index is 0.00000270. The van der Waals surface area contributed by atoms with Crippen molar-refractivity contribution in [2.24, 2.45) is 45.3 Å². The summed E-state index contributed by atoms with van der Waals surface area (Å²) in [7, 11) is -9.80. The molecule has 0 amide bonds. The van der Waals surface area contributed by atoms with Gasteiger partial charge in [-0.25, -0.2) is 8.42 Å². The molecule has 9 atom stereocenters. The van der Waals surface area contributed by atoms with E-state index in [1.165, 1.54) is 12.0 Å². The second-order valence-electron chi connectivity index (χ2n) is 17.4. The first-order valence-corrected chi connectivity index (χ1v) is 20.1. The van der Waals surface area contributed by atoms with E-state index in [-0.39, 0.29) is 109 Å². The molecule has 3 fully saturated rings. The zero-order valence-electron chi connectivity index (χ0n) is 30.9. The summed E-state index contributed by atoms with van der Waals surface area (Å²) in [6, 6.07) is 2.28. The molecule has 0 radical (unpaired) electrons. The van der Waals surface area contributed by atoms with Crippen molar-refractivity contribution >= 4 is 20.5 Å². The number of benzene rings is 1. The third-order valence-corrected chi connectivity index (χ3v) is 16.3. The van der Waals surface area contributed by atoms with Gasteiger partial charge in [0.15, 0.2) is 0 Å². The van der Waals surface area contributed by atoms with Crippen LogP contribution in [-0.2, 0) is 36.7 Å². The van der Waals surface area contributed by atoms with E-state index >= 15 is 0 Å². The molecule has 5 aliphatic rings. The Morgan fingerprint density at radius 1 is 0.878 bits per heavy atom. The van der Waals surface area contributed by atoms with Gasteiger partial charge in [-0.15, -0.1) is 0 Å². The molecule has 9 nitrogen and oxygen atoms in total. The molecular formula is C36H52Na2O9S2. The topological polar surface area (TPSA) is 153 Å².